The van der Waals surface area contributed by atoms with Crippen LogP contribution < -0.4 is 11.3 Å². The molecule has 0 amide bonds. The molecule has 1 atom stereocenters. The van der Waals surface area contributed by atoms with E-state index in [4.69, 9.17) is 10.9 Å². The SMILES string of the molecule is CC(=O)CCCC[C@@H](CC(=O)O)NN. The first-order valence-corrected chi connectivity index (χ1v) is 4.73. The molecule has 0 rings (SSSR count). The molecule has 5 nitrogen and oxygen atoms in total. The third-order valence-electron chi connectivity index (χ3n) is 1.99. The van der Waals surface area contributed by atoms with Crippen molar-refractivity contribution in [3.8, 4) is 0 Å². The highest BCUT2D eigenvalue weighted by atomic mass is 16.4. The number of aliphatic carboxylic acids is 1. The minimum Gasteiger partial charge on any atom is -0.481 e. The summed E-state index contributed by atoms with van der Waals surface area (Å²) in [4.78, 5) is 21.0. The topological polar surface area (TPSA) is 92.4 Å². The van der Waals surface area contributed by atoms with Gasteiger partial charge in [0.05, 0.1) is 6.42 Å². The van der Waals surface area contributed by atoms with E-state index >= 15 is 0 Å². The maximum Gasteiger partial charge on any atom is 0.304 e. The van der Waals surface area contributed by atoms with Crippen LogP contribution >= 0.6 is 0 Å². The maximum absolute atomic E-state index is 10.6. The lowest BCUT2D eigenvalue weighted by Crippen LogP contribution is -2.36. The van der Waals surface area contributed by atoms with E-state index in [0.717, 1.165) is 12.8 Å². The highest BCUT2D eigenvalue weighted by Gasteiger charge is 2.10. The number of hydrogen-bond acceptors (Lipinski definition) is 4. The van der Waals surface area contributed by atoms with Gasteiger partial charge in [0.2, 0.25) is 0 Å². The van der Waals surface area contributed by atoms with Gasteiger partial charge in [-0.3, -0.25) is 16.1 Å². The zero-order valence-electron chi connectivity index (χ0n) is 8.45. The lowest BCUT2D eigenvalue weighted by Gasteiger charge is -2.12. The number of nitrogens with two attached hydrogens (primary N) is 1. The summed E-state index contributed by atoms with van der Waals surface area (Å²) in [6.07, 6.45) is 2.89. The fourth-order valence-electron chi connectivity index (χ4n) is 1.22. The minimum absolute atomic E-state index is 0.0244. The van der Waals surface area contributed by atoms with Gasteiger partial charge in [0.25, 0.3) is 0 Å². The maximum atomic E-state index is 10.6. The van der Waals surface area contributed by atoms with Crippen molar-refractivity contribution >= 4 is 11.8 Å². The van der Waals surface area contributed by atoms with Crippen molar-refractivity contribution in [2.75, 3.05) is 0 Å². The summed E-state index contributed by atoms with van der Waals surface area (Å²) in [6, 6.07) is -0.195. The van der Waals surface area contributed by atoms with Crippen molar-refractivity contribution in [1.82, 2.24) is 5.43 Å². The molecule has 0 aromatic heterocycles. The minimum atomic E-state index is -0.862. The molecule has 0 radical (unpaired) electrons. The van der Waals surface area contributed by atoms with E-state index in [-0.39, 0.29) is 18.2 Å². The van der Waals surface area contributed by atoms with Crippen molar-refractivity contribution in [2.24, 2.45) is 5.84 Å². The van der Waals surface area contributed by atoms with Gasteiger partial charge in [0.15, 0.2) is 0 Å². The molecule has 0 aliphatic carbocycles. The van der Waals surface area contributed by atoms with Crippen LogP contribution in [-0.4, -0.2) is 22.9 Å². The van der Waals surface area contributed by atoms with Gasteiger partial charge in [-0.05, 0) is 19.8 Å². The molecule has 0 bridgehead atoms. The zero-order chi connectivity index (χ0) is 11.0. The second-order valence-corrected chi connectivity index (χ2v) is 3.41. The second-order valence-electron chi connectivity index (χ2n) is 3.41. The number of carboxylic acid groups (broad SMARTS) is 1. The number of nitrogens with one attached hydrogen (secondary N) is 1. The fourth-order valence-corrected chi connectivity index (χ4v) is 1.22. The third kappa shape index (κ3) is 7.70. The molecule has 0 aromatic rings. The quantitative estimate of drug-likeness (QED) is 0.302. The van der Waals surface area contributed by atoms with E-state index in [1.807, 2.05) is 0 Å². The summed E-state index contributed by atoms with van der Waals surface area (Å²) in [5.41, 5.74) is 2.46. The molecule has 0 fully saturated rings. The highest BCUT2D eigenvalue weighted by Crippen LogP contribution is 2.06. The number of carbonyl (C=O) groups excluding carboxylic acids is 1. The Kier molecular flexibility index (Phi) is 6.96. The van der Waals surface area contributed by atoms with Gasteiger partial charge in [-0.2, -0.15) is 0 Å². The Hall–Kier alpha value is -0.940. The Labute approximate surface area is 83.6 Å². The number of Topliss-reactive ketones (excluding diaryl/α,β-unsaturated/α-hetero) is 1. The molecule has 5 heteroatoms. The second kappa shape index (κ2) is 7.46. The number of rotatable bonds is 8. The predicted molar refractivity (Wildman–Crippen MR) is 52.5 cm³/mol. The molecule has 0 unspecified atom stereocenters. The molecule has 0 aliphatic heterocycles. The number of hydrazine groups is 1. The summed E-state index contributed by atoms with van der Waals surface area (Å²) >= 11 is 0. The van der Waals surface area contributed by atoms with E-state index in [1.54, 1.807) is 6.92 Å². The lowest BCUT2D eigenvalue weighted by molar-refractivity contribution is -0.137. The monoisotopic (exact) mass is 202 g/mol. The normalized spacial score (nSPS) is 12.4. The van der Waals surface area contributed by atoms with Gasteiger partial charge in [-0.15, -0.1) is 0 Å². The average molecular weight is 202 g/mol. The molecule has 4 N–H and O–H groups in total. The van der Waals surface area contributed by atoms with Gasteiger partial charge < -0.3 is 9.90 Å². The first kappa shape index (κ1) is 13.1. The summed E-state index contributed by atoms with van der Waals surface area (Å²) < 4.78 is 0. The highest BCUT2D eigenvalue weighted by molar-refractivity contribution is 5.75. The lowest BCUT2D eigenvalue weighted by atomic mass is 10.1. The summed E-state index contributed by atoms with van der Waals surface area (Å²) in [7, 11) is 0. The first-order valence-electron chi connectivity index (χ1n) is 4.73. The molecule has 82 valence electrons. The van der Waals surface area contributed by atoms with Crippen LogP contribution in [0.5, 0.6) is 0 Å². The van der Waals surface area contributed by atoms with Crippen LogP contribution in [0.15, 0.2) is 0 Å². The summed E-state index contributed by atoms with van der Waals surface area (Å²) in [6.45, 7) is 1.55. The van der Waals surface area contributed by atoms with Crippen LogP contribution in [-0.2, 0) is 9.59 Å². The van der Waals surface area contributed by atoms with Gasteiger partial charge in [0, 0.05) is 12.5 Å². The molecule has 0 saturated carbocycles. The number of hydrogen-bond donors (Lipinski definition) is 3. The van der Waals surface area contributed by atoms with E-state index < -0.39 is 5.97 Å². The van der Waals surface area contributed by atoms with Crippen molar-refractivity contribution in [1.29, 1.82) is 0 Å². The molecule has 0 aromatic carbocycles. The fraction of sp³-hybridized carbons (Fsp3) is 0.778. The Morgan fingerprint density at radius 2 is 2.07 bits per heavy atom. The predicted octanol–water partition coefficient (Wildman–Crippen LogP) is 0.442. The number of unbranched alkanes of at least 4 members (excludes halogenated alkanes) is 1. The first-order chi connectivity index (χ1) is 6.56. The van der Waals surface area contributed by atoms with E-state index in [0.29, 0.717) is 12.8 Å². The van der Waals surface area contributed by atoms with Crippen molar-refractivity contribution in [3.05, 3.63) is 0 Å². The molecule has 0 aliphatic rings. The van der Waals surface area contributed by atoms with E-state index in [1.165, 1.54) is 0 Å². The largest absolute Gasteiger partial charge is 0.481 e. The smallest absolute Gasteiger partial charge is 0.304 e. The zero-order valence-corrected chi connectivity index (χ0v) is 8.45. The van der Waals surface area contributed by atoms with E-state index in [2.05, 4.69) is 5.43 Å². The Balaban J connectivity index is 3.52. The van der Waals surface area contributed by atoms with Crippen molar-refractivity contribution in [3.63, 3.8) is 0 Å². The summed E-state index contributed by atoms with van der Waals surface area (Å²) in [5, 5.41) is 8.51. The average Bonchev–Trinajstić information content (AvgIpc) is 2.09. The van der Waals surface area contributed by atoms with Crippen LogP contribution in [0.2, 0.25) is 0 Å². The van der Waals surface area contributed by atoms with Gasteiger partial charge in [0.1, 0.15) is 5.78 Å². The number of carboxylic acids is 1. The Morgan fingerprint density at radius 3 is 2.50 bits per heavy atom. The Morgan fingerprint density at radius 1 is 1.43 bits per heavy atom. The van der Waals surface area contributed by atoms with Gasteiger partial charge in [-0.1, -0.05) is 6.42 Å². The molecular weight excluding hydrogens is 184 g/mol. The molecule has 14 heavy (non-hydrogen) atoms. The van der Waals surface area contributed by atoms with Crippen molar-refractivity contribution < 1.29 is 14.7 Å². The van der Waals surface area contributed by atoms with Crippen LogP contribution in [0.4, 0.5) is 0 Å². The van der Waals surface area contributed by atoms with E-state index in [9.17, 15) is 9.59 Å². The van der Waals surface area contributed by atoms with Crippen LogP contribution in [0.25, 0.3) is 0 Å². The van der Waals surface area contributed by atoms with Crippen LogP contribution in [0, 0.1) is 0 Å². The van der Waals surface area contributed by atoms with Crippen molar-refractivity contribution in [2.45, 2.75) is 45.1 Å². The standard InChI is InChI=1S/C9H18N2O3/c1-7(12)4-2-3-5-8(11-10)6-9(13)14/h8,11H,2-6,10H2,1H3,(H,13,14)/t8-/m0/s1. The molecule has 0 saturated heterocycles. The molecule has 0 heterocycles. The number of carbonyl (C=O) groups is 2. The summed E-state index contributed by atoms with van der Waals surface area (Å²) in [5.74, 6) is 4.49. The third-order valence-corrected chi connectivity index (χ3v) is 1.99. The van der Waals surface area contributed by atoms with Crippen LogP contribution in [0.3, 0.4) is 0 Å². The number of ketones is 1. The molecular formula is C9H18N2O3. The van der Waals surface area contributed by atoms with Crippen LogP contribution in [0.1, 0.15) is 39.0 Å². The van der Waals surface area contributed by atoms with Gasteiger partial charge >= 0.3 is 5.97 Å². The molecule has 0 spiro atoms. The Bertz CT molecular complexity index is 194. The van der Waals surface area contributed by atoms with Gasteiger partial charge in [-0.25, -0.2) is 0 Å².